The highest BCUT2D eigenvalue weighted by molar-refractivity contribution is 5.92. The van der Waals surface area contributed by atoms with E-state index in [0.717, 1.165) is 47.7 Å². The summed E-state index contributed by atoms with van der Waals surface area (Å²) in [7, 11) is 0. The SMILES string of the molecule is CCN(CC)CCOc1ccc(NC(=O)Cc2nc3c(C)cc(C)cc3[nH]2)cc1. The summed E-state index contributed by atoms with van der Waals surface area (Å²) in [5.74, 6) is 1.37. The molecule has 0 unspecified atom stereocenters. The van der Waals surface area contributed by atoms with Crippen molar-refractivity contribution in [1.82, 2.24) is 14.9 Å². The van der Waals surface area contributed by atoms with Gasteiger partial charge in [0, 0.05) is 12.2 Å². The zero-order valence-electron chi connectivity index (χ0n) is 17.7. The van der Waals surface area contributed by atoms with Crippen molar-refractivity contribution in [3.8, 4) is 5.75 Å². The number of nitrogens with one attached hydrogen (secondary N) is 2. The van der Waals surface area contributed by atoms with Gasteiger partial charge in [0.25, 0.3) is 0 Å². The first-order valence-corrected chi connectivity index (χ1v) is 10.2. The molecule has 154 valence electrons. The van der Waals surface area contributed by atoms with Gasteiger partial charge in [-0.2, -0.15) is 0 Å². The van der Waals surface area contributed by atoms with Crippen LogP contribution in [-0.2, 0) is 11.2 Å². The second kappa shape index (κ2) is 9.56. The van der Waals surface area contributed by atoms with Gasteiger partial charge in [-0.3, -0.25) is 4.79 Å². The summed E-state index contributed by atoms with van der Waals surface area (Å²) in [5.41, 5.74) is 4.92. The van der Waals surface area contributed by atoms with Gasteiger partial charge in [-0.05, 0) is 68.4 Å². The summed E-state index contributed by atoms with van der Waals surface area (Å²) in [4.78, 5) is 22.5. The van der Waals surface area contributed by atoms with Crippen LogP contribution < -0.4 is 10.1 Å². The lowest BCUT2D eigenvalue weighted by molar-refractivity contribution is -0.115. The Balaban J connectivity index is 1.53. The molecule has 1 aromatic heterocycles. The van der Waals surface area contributed by atoms with Crippen molar-refractivity contribution in [3.63, 3.8) is 0 Å². The summed E-state index contributed by atoms with van der Waals surface area (Å²) in [5, 5.41) is 2.92. The lowest BCUT2D eigenvalue weighted by atomic mass is 10.1. The molecular weight excluding hydrogens is 364 g/mol. The van der Waals surface area contributed by atoms with E-state index in [4.69, 9.17) is 4.74 Å². The molecule has 0 aliphatic heterocycles. The molecule has 0 aliphatic rings. The summed E-state index contributed by atoms with van der Waals surface area (Å²) in [6.07, 6.45) is 0.204. The molecule has 0 fully saturated rings. The fraction of sp³-hybridized carbons (Fsp3) is 0.391. The number of amides is 1. The van der Waals surface area contributed by atoms with Crippen molar-refractivity contribution in [2.45, 2.75) is 34.1 Å². The number of imidazole rings is 1. The second-order valence-corrected chi connectivity index (χ2v) is 7.29. The maximum atomic E-state index is 12.4. The van der Waals surface area contributed by atoms with Crippen LogP contribution >= 0.6 is 0 Å². The zero-order chi connectivity index (χ0) is 20.8. The Kier molecular flexibility index (Phi) is 6.88. The van der Waals surface area contributed by atoms with Gasteiger partial charge in [-0.1, -0.05) is 19.9 Å². The number of aromatic nitrogens is 2. The van der Waals surface area contributed by atoms with Gasteiger partial charge >= 0.3 is 0 Å². The minimum atomic E-state index is -0.103. The molecule has 29 heavy (non-hydrogen) atoms. The van der Waals surface area contributed by atoms with Gasteiger partial charge in [-0.15, -0.1) is 0 Å². The summed E-state index contributed by atoms with van der Waals surface area (Å²) < 4.78 is 5.78. The van der Waals surface area contributed by atoms with Crippen LogP contribution in [0.4, 0.5) is 5.69 Å². The molecule has 0 spiro atoms. The number of hydrogen-bond donors (Lipinski definition) is 2. The number of likely N-dealkylation sites (N-methyl/N-ethyl adjacent to an activating group) is 1. The van der Waals surface area contributed by atoms with Gasteiger partial charge in [0.1, 0.15) is 18.2 Å². The van der Waals surface area contributed by atoms with Crippen molar-refractivity contribution in [2.24, 2.45) is 0 Å². The van der Waals surface area contributed by atoms with E-state index in [2.05, 4.69) is 53.1 Å². The summed E-state index contributed by atoms with van der Waals surface area (Å²) in [6, 6.07) is 11.6. The summed E-state index contributed by atoms with van der Waals surface area (Å²) >= 11 is 0. The Morgan fingerprint density at radius 2 is 1.86 bits per heavy atom. The molecular formula is C23H30N4O2. The second-order valence-electron chi connectivity index (χ2n) is 7.29. The molecule has 0 saturated carbocycles. The van der Waals surface area contributed by atoms with Gasteiger partial charge in [-0.25, -0.2) is 4.98 Å². The van der Waals surface area contributed by atoms with E-state index in [1.807, 2.05) is 31.2 Å². The number of hydrogen-bond acceptors (Lipinski definition) is 4. The predicted molar refractivity (Wildman–Crippen MR) is 118 cm³/mol. The first-order chi connectivity index (χ1) is 14.0. The third kappa shape index (κ3) is 5.57. The van der Waals surface area contributed by atoms with Crippen LogP contribution in [0.2, 0.25) is 0 Å². The molecule has 1 amide bonds. The van der Waals surface area contributed by atoms with Crippen LogP contribution in [0.1, 0.15) is 30.8 Å². The predicted octanol–water partition coefficient (Wildman–Crippen LogP) is 4.08. The third-order valence-corrected chi connectivity index (χ3v) is 5.01. The number of H-pyrrole nitrogens is 1. The van der Waals surface area contributed by atoms with Crippen LogP contribution in [0, 0.1) is 13.8 Å². The molecule has 0 bridgehead atoms. The fourth-order valence-corrected chi connectivity index (χ4v) is 3.43. The van der Waals surface area contributed by atoms with E-state index < -0.39 is 0 Å². The number of anilines is 1. The third-order valence-electron chi connectivity index (χ3n) is 5.01. The van der Waals surface area contributed by atoms with Crippen LogP contribution in [0.15, 0.2) is 36.4 Å². The Bertz CT molecular complexity index is 959. The number of aromatic amines is 1. The highest BCUT2D eigenvalue weighted by Gasteiger charge is 2.11. The van der Waals surface area contributed by atoms with Crippen molar-refractivity contribution >= 4 is 22.6 Å². The molecule has 2 aromatic carbocycles. The standard InChI is InChI=1S/C23H30N4O2/c1-5-27(6-2)11-12-29-19-9-7-18(8-10-19)24-22(28)15-21-25-20-14-16(3)13-17(4)23(20)26-21/h7-10,13-14H,5-6,11-12,15H2,1-4H3,(H,24,28)(H,25,26). The maximum absolute atomic E-state index is 12.4. The quantitative estimate of drug-likeness (QED) is 0.574. The lowest BCUT2D eigenvalue weighted by Crippen LogP contribution is -2.27. The smallest absolute Gasteiger partial charge is 0.231 e. The maximum Gasteiger partial charge on any atom is 0.231 e. The van der Waals surface area contributed by atoms with Gasteiger partial charge in [0.2, 0.25) is 5.91 Å². The largest absolute Gasteiger partial charge is 0.492 e. The number of nitrogens with zero attached hydrogens (tertiary/aromatic N) is 2. The molecule has 2 N–H and O–H groups in total. The Morgan fingerprint density at radius 1 is 1.14 bits per heavy atom. The Morgan fingerprint density at radius 3 is 2.55 bits per heavy atom. The zero-order valence-corrected chi connectivity index (χ0v) is 17.7. The number of aryl methyl sites for hydroxylation is 2. The van der Waals surface area contributed by atoms with E-state index in [-0.39, 0.29) is 12.3 Å². The normalized spacial score (nSPS) is 11.2. The molecule has 6 heteroatoms. The number of fused-ring (bicyclic) bond motifs is 1. The van der Waals surface area contributed by atoms with Crippen molar-refractivity contribution in [2.75, 3.05) is 31.6 Å². The van der Waals surface area contributed by atoms with Crippen molar-refractivity contribution < 1.29 is 9.53 Å². The average Bonchev–Trinajstić information content (AvgIpc) is 3.09. The van der Waals surface area contributed by atoms with Crippen molar-refractivity contribution in [1.29, 1.82) is 0 Å². The number of benzene rings is 2. The molecule has 3 rings (SSSR count). The number of ether oxygens (including phenoxy) is 1. The molecule has 6 nitrogen and oxygen atoms in total. The molecule has 1 heterocycles. The van der Waals surface area contributed by atoms with E-state index in [0.29, 0.717) is 12.4 Å². The number of carbonyl (C=O) groups excluding carboxylic acids is 1. The molecule has 0 saturated heterocycles. The molecule has 3 aromatic rings. The number of rotatable bonds is 9. The minimum absolute atomic E-state index is 0.103. The highest BCUT2D eigenvalue weighted by atomic mass is 16.5. The number of carbonyl (C=O) groups is 1. The van der Waals surface area contributed by atoms with Crippen molar-refractivity contribution in [3.05, 3.63) is 53.3 Å². The monoisotopic (exact) mass is 394 g/mol. The van der Waals surface area contributed by atoms with Crippen LogP contribution in [-0.4, -0.2) is 47.0 Å². The van der Waals surface area contributed by atoms with Crippen LogP contribution in [0.5, 0.6) is 5.75 Å². The molecule has 0 radical (unpaired) electrons. The van der Waals surface area contributed by atoms with E-state index >= 15 is 0 Å². The first-order valence-electron chi connectivity index (χ1n) is 10.2. The van der Waals surface area contributed by atoms with E-state index in [1.165, 1.54) is 5.56 Å². The van der Waals surface area contributed by atoms with Crippen LogP contribution in [0.3, 0.4) is 0 Å². The first kappa shape index (κ1) is 20.9. The summed E-state index contributed by atoms with van der Waals surface area (Å²) in [6.45, 7) is 12.0. The Labute approximate surface area is 172 Å². The highest BCUT2D eigenvalue weighted by Crippen LogP contribution is 2.19. The minimum Gasteiger partial charge on any atom is -0.492 e. The van der Waals surface area contributed by atoms with E-state index in [9.17, 15) is 4.79 Å². The van der Waals surface area contributed by atoms with Gasteiger partial charge < -0.3 is 19.9 Å². The average molecular weight is 395 g/mol. The Hall–Kier alpha value is -2.86. The van der Waals surface area contributed by atoms with Gasteiger partial charge in [0.15, 0.2) is 0 Å². The topological polar surface area (TPSA) is 70.2 Å². The van der Waals surface area contributed by atoms with E-state index in [1.54, 1.807) is 0 Å². The molecule has 0 aliphatic carbocycles. The van der Waals surface area contributed by atoms with Crippen LogP contribution in [0.25, 0.3) is 11.0 Å². The lowest BCUT2D eigenvalue weighted by Gasteiger charge is -2.18. The molecule has 0 atom stereocenters. The van der Waals surface area contributed by atoms with Gasteiger partial charge in [0.05, 0.1) is 17.5 Å². The fourth-order valence-electron chi connectivity index (χ4n) is 3.43.